The Morgan fingerprint density at radius 3 is 2.42 bits per heavy atom. The standard InChI is InChI=1S/C15H17NO3/c1-2-19-13-7-5-12(6-8-13)11-14(15(17)18)16-9-3-4-10-16/h3-10,14H,2,11H2,1H3,(H,17,18). The minimum absolute atomic E-state index is 0.455. The molecular weight excluding hydrogens is 242 g/mol. The Morgan fingerprint density at radius 1 is 1.26 bits per heavy atom. The fourth-order valence-electron chi connectivity index (χ4n) is 1.99. The first-order valence-corrected chi connectivity index (χ1v) is 6.27. The van der Waals surface area contributed by atoms with Gasteiger partial charge in [-0.15, -0.1) is 0 Å². The molecule has 0 saturated heterocycles. The molecule has 0 aliphatic rings. The van der Waals surface area contributed by atoms with E-state index in [-0.39, 0.29) is 0 Å². The molecule has 1 aromatic carbocycles. The van der Waals surface area contributed by atoms with Crippen LogP contribution in [-0.2, 0) is 11.2 Å². The third-order valence-electron chi connectivity index (χ3n) is 2.94. The summed E-state index contributed by atoms with van der Waals surface area (Å²) in [5, 5.41) is 9.30. The molecule has 1 N–H and O–H groups in total. The Kier molecular flexibility index (Phi) is 4.23. The van der Waals surface area contributed by atoms with Gasteiger partial charge in [0, 0.05) is 18.8 Å². The Hall–Kier alpha value is -2.23. The predicted octanol–water partition coefficient (Wildman–Crippen LogP) is 2.76. The van der Waals surface area contributed by atoms with Crippen LogP contribution in [0.3, 0.4) is 0 Å². The van der Waals surface area contributed by atoms with Crippen LogP contribution < -0.4 is 4.74 Å². The fourth-order valence-corrected chi connectivity index (χ4v) is 1.99. The highest BCUT2D eigenvalue weighted by molar-refractivity contribution is 5.72. The van der Waals surface area contributed by atoms with Crippen molar-refractivity contribution >= 4 is 5.97 Å². The first-order chi connectivity index (χ1) is 9.20. The van der Waals surface area contributed by atoms with Gasteiger partial charge in [-0.3, -0.25) is 0 Å². The quantitative estimate of drug-likeness (QED) is 0.867. The van der Waals surface area contributed by atoms with E-state index in [9.17, 15) is 9.90 Å². The number of hydrogen-bond donors (Lipinski definition) is 1. The minimum Gasteiger partial charge on any atom is -0.494 e. The zero-order chi connectivity index (χ0) is 13.7. The van der Waals surface area contributed by atoms with E-state index >= 15 is 0 Å². The van der Waals surface area contributed by atoms with Crippen LogP contribution in [0.4, 0.5) is 0 Å². The lowest BCUT2D eigenvalue weighted by molar-refractivity contribution is -0.140. The molecule has 1 unspecified atom stereocenters. The third kappa shape index (κ3) is 3.37. The van der Waals surface area contributed by atoms with Gasteiger partial charge in [0.1, 0.15) is 11.8 Å². The monoisotopic (exact) mass is 259 g/mol. The first-order valence-electron chi connectivity index (χ1n) is 6.27. The minimum atomic E-state index is -0.829. The van der Waals surface area contributed by atoms with E-state index in [1.807, 2.05) is 43.3 Å². The van der Waals surface area contributed by atoms with E-state index in [0.29, 0.717) is 13.0 Å². The molecule has 0 aliphatic carbocycles. The second kappa shape index (κ2) is 6.09. The van der Waals surface area contributed by atoms with Crippen molar-refractivity contribution in [1.82, 2.24) is 4.57 Å². The van der Waals surface area contributed by atoms with Gasteiger partial charge in [-0.1, -0.05) is 12.1 Å². The van der Waals surface area contributed by atoms with Crippen LogP contribution in [0.15, 0.2) is 48.8 Å². The van der Waals surface area contributed by atoms with Crippen LogP contribution in [0.2, 0.25) is 0 Å². The lowest BCUT2D eigenvalue weighted by Gasteiger charge is -2.14. The van der Waals surface area contributed by atoms with Crippen molar-refractivity contribution in [2.75, 3.05) is 6.61 Å². The van der Waals surface area contributed by atoms with Crippen LogP contribution in [0, 0.1) is 0 Å². The molecule has 0 bridgehead atoms. The maximum absolute atomic E-state index is 11.3. The Morgan fingerprint density at radius 2 is 1.89 bits per heavy atom. The summed E-state index contributed by atoms with van der Waals surface area (Å²) in [6.07, 6.45) is 4.00. The molecular formula is C15H17NO3. The predicted molar refractivity (Wildman–Crippen MR) is 72.4 cm³/mol. The van der Waals surface area contributed by atoms with Crippen molar-refractivity contribution in [3.05, 3.63) is 54.4 Å². The summed E-state index contributed by atoms with van der Waals surface area (Å²) in [6.45, 7) is 2.56. The summed E-state index contributed by atoms with van der Waals surface area (Å²) >= 11 is 0. The summed E-state index contributed by atoms with van der Waals surface area (Å²) in [7, 11) is 0. The van der Waals surface area contributed by atoms with Gasteiger partial charge in [0.05, 0.1) is 6.61 Å². The summed E-state index contributed by atoms with van der Waals surface area (Å²) < 4.78 is 7.07. The van der Waals surface area contributed by atoms with Gasteiger partial charge in [-0.25, -0.2) is 4.79 Å². The zero-order valence-corrected chi connectivity index (χ0v) is 10.8. The number of nitrogens with zero attached hydrogens (tertiary/aromatic N) is 1. The molecule has 2 aromatic rings. The number of carboxylic acids is 1. The molecule has 0 radical (unpaired) electrons. The Balaban J connectivity index is 2.11. The third-order valence-corrected chi connectivity index (χ3v) is 2.94. The molecule has 0 spiro atoms. The SMILES string of the molecule is CCOc1ccc(CC(C(=O)O)n2cccc2)cc1. The van der Waals surface area contributed by atoms with Crippen LogP contribution in [-0.4, -0.2) is 22.2 Å². The van der Waals surface area contributed by atoms with Gasteiger partial charge >= 0.3 is 5.97 Å². The molecule has 4 nitrogen and oxygen atoms in total. The molecule has 0 aliphatic heterocycles. The van der Waals surface area contributed by atoms with Crippen LogP contribution in [0.25, 0.3) is 0 Å². The lowest BCUT2D eigenvalue weighted by atomic mass is 10.1. The summed E-state index contributed by atoms with van der Waals surface area (Å²) in [5.74, 6) is -0.0239. The Labute approximate surface area is 112 Å². The van der Waals surface area contributed by atoms with E-state index < -0.39 is 12.0 Å². The summed E-state index contributed by atoms with van der Waals surface area (Å²) in [6, 6.07) is 10.6. The van der Waals surface area contributed by atoms with E-state index in [4.69, 9.17) is 4.74 Å². The highest BCUT2D eigenvalue weighted by atomic mass is 16.5. The van der Waals surface area contributed by atoms with E-state index in [0.717, 1.165) is 11.3 Å². The number of benzene rings is 1. The number of rotatable bonds is 6. The number of ether oxygens (including phenoxy) is 1. The van der Waals surface area contributed by atoms with E-state index in [1.54, 1.807) is 17.0 Å². The van der Waals surface area contributed by atoms with Crippen LogP contribution in [0.5, 0.6) is 5.75 Å². The van der Waals surface area contributed by atoms with Crippen molar-refractivity contribution in [2.45, 2.75) is 19.4 Å². The van der Waals surface area contributed by atoms with E-state index in [1.165, 1.54) is 0 Å². The number of hydrogen-bond acceptors (Lipinski definition) is 2. The van der Waals surface area contributed by atoms with E-state index in [2.05, 4.69) is 0 Å². The Bertz CT molecular complexity index is 517. The van der Waals surface area contributed by atoms with Crippen molar-refractivity contribution in [1.29, 1.82) is 0 Å². The summed E-state index contributed by atoms with van der Waals surface area (Å²) in [5.41, 5.74) is 0.976. The molecule has 0 amide bonds. The number of carbonyl (C=O) groups is 1. The van der Waals surface area contributed by atoms with Crippen LogP contribution >= 0.6 is 0 Å². The molecule has 100 valence electrons. The van der Waals surface area contributed by atoms with Crippen molar-refractivity contribution in [2.24, 2.45) is 0 Å². The molecule has 1 aromatic heterocycles. The molecule has 4 heteroatoms. The van der Waals surface area contributed by atoms with Crippen molar-refractivity contribution < 1.29 is 14.6 Å². The first kappa shape index (κ1) is 13.2. The summed E-state index contributed by atoms with van der Waals surface area (Å²) in [4.78, 5) is 11.3. The van der Waals surface area contributed by atoms with Gasteiger partial charge in [0.2, 0.25) is 0 Å². The van der Waals surface area contributed by atoms with Gasteiger partial charge in [0.25, 0.3) is 0 Å². The smallest absolute Gasteiger partial charge is 0.327 e. The average Bonchev–Trinajstić information content (AvgIpc) is 2.91. The molecule has 1 atom stereocenters. The highest BCUT2D eigenvalue weighted by Crippen LogP contribution is 2.18. The molecule has 19 heavy (non-hydrogen) atoms. The van der Waals surface area contributed by atoms with Crippen LogP contribution in [0.1, 0.15) is 18.5 Å². The molecule has 0 fully saturated rings. The topological polar surface area (TPSA) is 51.5 Å². The molecule has 1 heterocycles. The fraction of sp³-hybridized carbons (Fsp3) is 0.267. The van der Waals surface area contributed by atoms with Gasteiger partial charge in [-0.05, 0) is 36.8 Å². The lowest BCUT2D eigenvalue weighted by Crippen LogP contribution is -2.20. The maximum Gasteiger partial charge on any atom is 0.327 e. The number of aromatic nitrogens is 1. The highest BCUT2D eigenvalue weighted by Gasteiger charge is 2.18. The average molecular weight is 259 g/mol. The second-order valence-electron chi connectivity index (χ2n) is 4.27. The maximum atomic E-state index is 11.3. The number of aliphatic carboxylic acids is 1. The van der Waals surface area contributed by atoms with Gasteiger partial charge < -0.3 is 14.4 Å². The molecule has 0 saturated carbocycles. The molecule has 2 rings (SSSR count). The zero-order valence-electron chi connectivity index (χ0n) is 10.8. The normalized spacial score (nSPS) is 12.1. The second-order valence-corrected chi connectivity index (χ2v) is 4.27. The largest absolute Gasteiger partial charge is 0.494 e. The number of carboxylic acid groups (broad SMARTS) is 1. The van der Waals surface area contributed by atoms with Crippen molar-refractivity contribution in [3.8, 4) is 5.75 Å². The van der Waals surface area contributed by atoms with Gasteiger partial charge in [-0.2, -0.15) is 0 Å². The van der Waals surface area contributed by atoms with Gasteiger partial charge in [0.15, 0.2) is 0 Å². The van der Waals surface area contributed by atoms with Crippen molar-refractivity contribution in [3.63, 3.8) is 0 Å².